The van der Waals surface area contributed by atoms with Crippen molar-refractivity contribution in [2.24, 2.45) is 0 Å². The van der Waals surface area contributed by atoms with Gasteiger partial charge in [-0.05, 0) is 62.6 Å². The molecule has 1 heterocycles. The van der Waals surface area contributed by atoms with Crippen LogP contribution < -0.4 is 10.6 Å². The monoisotopic (exact) mass is 360 g/mol. The highest BCUT2D eigenvalue weighted by Crippen LogP contribution is 2.18. The standard InChI is InChI=1S/C22H24N4O/c1-14-10-11-19(12-15(14)2)25-21(27)20-13-16(3)23-22(26-20)24-17(4)18-8-6-5-7-9-18/h5-13,17H,1-4H3,(H,25,27)(H,23,24,26). The summed E-state index contributed by atoms with van der Waals surface area (Å²) in [7, 11) is 0. The van der Waals surface area contributed by atoms with Gasteiger partial charge in [-0.2, -0.15) is 0 Å². The van der Waals surface area contributed by atoms with E-state index in [1.807, 2.05) is 76.2 Å². The number of aryl methyl sites for hydroxylation is 3. The molecule has 0 aliphatic rings. The molecule has 0 radical (unpaired) electrons. The molecular formula is C22H24N4O. The van der Waals surface area contributed by atoms with Crippen LogP contribution in [0.2, 0.25) is 0 Å². The fourth-order valence-electron chi connectivity index (χ4n) is 2.78. The molecule has 1 atom stereocenters. The van der Waals surface area contributed by atoms with Crippen LogP contribution in [0.15, 0.2) is 54.6 Å². The van der Waals surface area contributed by atoms with Gasteiger partial charge in [-0.25, -0.2) is 9.97 Å². The lowest BCUT2D eigenvalue weighted by atomic mass is 10.1. The minimum absolute atomic E-state index is 0.0312. The Bertz CT molecular complexity index is 954. The van der Waals surface area contributed by atoms with E-state index in [1.165, 1.54) is 5.56 Å². The van der Waals surface area contributed by atoms with Crippen molar-refractivity contribution in [3.8, 4) is 0 Å². The number of benzene rings is 2. The van der Waals surface area contributed by atoms with Gasteiger partial charge < -0.3 is 10.6 Å². The maximum absolute atomic E-state index is 12.6. The summed E-state index contributed by atoms with van der Waals surface area (Å²) in [6, 6.07) is 17.6. The summed E-state index contributed by atoms with van der Waals surface area (Å²) in [5, 5.41) is 6.18. The van der Waals surface area contributed by atoms with Crippen LogP contribution in [0.5, 0.6) is 0 Å². The van der Waals surface area contributed by atoms with Crippen LogP contribution in [0, 0.1) is 20.8 Å². The van der Waals surface area contributed by atoms with Crippen molar-refractivity contribution in [2.75, 3.05) is 10.6 Å². The Morgan fingerprint density at radius 2 is 1.67 bits per heavy atom. The smallest absolute Gasteiger partial charge is 0.274 e. The summed E-state index contributed by atoms with van der Waals surface area (Å²) < 4.78 is 0. The average Bonchev–Trinajstić information content (AvgIpc) is 2.65. The first-order chi connectivity index (χ1) is 12.9. The Labute approximate surface area is 159 Å². The third-order valence-corrected chi connectivity index (χ3v) is 4.50. The van der Waals surface area contributed by atoms with E-state index in [0.29, 0.717) is 11.6 Å². The number of hydrogen-bond donors (Lipinski definition) is 2. The number of anilines is 2. The third kappa shape index (κ3) is 4.70. The molecule has 0 aliphatic carbocycles. The summed E-state index contributed by atoms with van der Waals surface area (Å²) in [4.78, 5) is 21.5. The van der Waals surface area contributed by atoms with Gasteiger partial charge in [-0.15, -0.1) is 0 Å². The van der Waals surface area contributed by atoms with E-state index in [9.17, 15) is 4.79 Å². The number of amides is 1. The van der Waals surface area contributed by atoms with Crippen LogP contribution >= 0.6 is 0 Å². The first-order valence-corrected chi connectivity index (χ1v) is 8.98. The van der Waals surface area contributed by atoms with Crippen LogP contribution in [0.25, 0.3) is 0 Å². The molecule has 1 aromatic heterocycles. The molecule has 0 saturated heterocycles. The highest BCUT2D eigenvalue weighted by atomic mass is 16.1. The van der Waals surface area contributed by atoms with Crippen LogP contribution in [0.4, 0.5) is 11.6 Å². The number of carbonyl (C=O) groups excluding carboxylic acids is 1. The fraction of sp³-hybridized carbons (Fsp3) is 0.227. The predicted octanol–water partition coefficient (Wildman–Crippen LogP) is 4.83. The first kappa shape index (κ1) is 18.6. The van der Waals surface area contributed by atoms with E-state index >= 15 is 0 Å². The maximum Gasteiger partial charge on any atom is 0.274 e. The van der Waals surface area contributed by atoms with Crippen molar-refractivity contribution >= 4 is 17.5 Å². The predicted molar refractivity (Wildman–Crippen MR) is 109 cm³/mol. The Kier molecular flexibility index (Phi) is 5.50. The van der Waals surface area contributed by atoms with Crippen molar-refractivity contribution < 1.29 is 4.79 Å². The molecule has 2 aromatic carbocycles. The molecule has 0 saturated carbocycles. The van der Waals surface area contributed by atoms with Gasteiger partial charge in [0.15, 0.2) is 0 Å². The summed E-state index contributed by atoms with van der Waals surface area (Å²) in [6.07, 6.45) is 0. The summed E-state index contributed by atoms with van der Waals surface area (Å²) in [6.45, 7) is 7.95. The number of carbonyl (C=O) groups is 1. The van der Waals surface area contributed by atoms with E-state index < -0.39 is 0 Å². The number of aromatic nitrogens is 2. The fourth-order valence-corrected chi connectivity index (χ4v) is 2.78. The lowest BCUT2D eigenvalue weighted by molar-refractivity contribution is 0.102. The zero-order valence-electron chi connectivity index (χ0n) is 16.1. The lowest BCUT2D eigenvalue weighted by Crippen LogP contribution is -2.17. The molecule has 138 valence electrons. The van der Waals surface area contributed by atoms with E-state index in [0.717, 1.165) is 22.5 Å². The quantitative estimate of drug-likeness (QED) is 0.684. The maximum atomic E-state index is 12.6. The van der Waals surface area contributed by atoms with Crippen LogP contribution in [-0.4, -0.2) is 15.9 Å². The molecule has 2 N–H and O–H groups in total. The minimum Gasteiger partial charge on any atom is -0.348 e. The molecule has 3 rings (SSSR count). The van der Waals surface area contributed by atoms with E-state index in [2.05, 4.69) is 20.6 Å². The molecule has 0 bridgehead atoms. The minimum atomic E-state index is -0.251. The van der Waals surface area contributed by atoms with Crippen molar-refractivity contribution in [3.63, 3.8) is 0 Å². The van der Waals surface area contributed by atoms with Crippen molar-refractivity contribution in [2.45, 2.75) is 33.7 Å². The number of hydrogen-bond acceptors (Lipinski definition) is 4. The normalized spacial score (nSPS) is 11.7. The van der Waals surface area contributed by atoms with Gasteiger partial charge in [0.25, 0.3) is 5.91 Å². The molecule has 1 amide bonds. The van der Waals surface area contributed by atoms with Gasteiger partial charge in [-0.1, -0.05) is 36.4 Å². The van der Waals surface area contributed by atoms with E-state index in [4.69, 9.17) is 0 Å². The van der Waals surface area contributed by atoms with Crippen LogP contribution in [0.1, 0.15) is 45.8 Å². The molecule has 0 fully saturated rings. The largest absolute Gasteiger partial charge is 0.348 e. The average molecular weight is 360 g/mol. The molecule has 1 unspecified atom stereocenters. The van der Waals surface area contributed by atoms with Crippen molar-refractivity contribution in [3.05, 3.63) is 82.7 Å². The number of nitrogens with one attached hydrogen (secondary N) is 2. The highest BCUT2D eigenvalue weighted by Gasteiger charge is 2.13. The molecule has 0 aliphatic heterocycles. The van der Waals surface area contributed by atoms with E-state index in [1.54, 1.807) is 6.07 Å². The Hall–Kier alpha value is -3.21. The molecule has 0 spiro atoms. The third-order valence-electron chi connectivity index (χ3n) is 4.50. The SMILES string of the molecule is Cc1cc(C(=O)Nc2ccc(C)c(C)c2)nc(NC(C)c2ccccc2)n1. The van der Waals surface area contributed by atoms with Gasteiger partial charge in [0.1, 0.15) is 5.69 Å². The second-order valence-corrected chi connectivity index (χ2v) is 6.75. The zero-order chi connectivity index (χ0) is 19.4. The molecule has 3 aromatic rings. The molecule has 5 nitrogen and oxygen atoms in total. The molecule has 5 heteroatoms. The number of nitrogens with zero attached hydrogens (tertiary/aromatic N) is 2. The molecular weight excluding hydrogens is 336 g/mol. The van der Waals surface area contributed by atoms with Gasteiger partial charge in [0.05, 0.1) is 6.04 Å². The second kappa shape index (κ2) is 7.99. The van der Waals surface area contributed by atoms with Gasteiger partial charge in [-0.3, -0.25) is 4.79 Å². The topological polar surface area (TPSA) is 66.9 Å². The van der Waals surface area contributed by atoms with Crippen molar-refractivity contribution in [1.82, 2.24) is 9.97 Å². The van der Waals surface area contributed by atoms with Crippen LogP contribution in [-0.2, 0) is 0 Å². The van der Waals surface area contributed by atoms with Gasteiger partial charge in [0.2, 0.25) is 5.95 Å². The first-order valence-electron chi connectivity index (χ1n) is 8.98. The Morgan fingerprint density at radius 3 is 2.37 bits per heavy atom. The Balaban J connectivity index is 1.78. The zero-order valence-corrected chi connectivity index (χ0v) is 16.1. The number of rotatable bonds is 5. The van der Waals surface area contributed by atoms with E-state index in [-0.39, 0.29) is 11.9 Å². The van der Waals surface area contributed by atoms with Gasteiger partial charge in [0, 0.05) is 11.4 Å². The lowest BCUT2D eigenvalue weighted by Gasteiger charge is -2.15. The van der Waals surface area contributed by atoms with Crippen LogP contribution in [0.3, 0.4) is 0 Å². The highest BCUT2D eigenvalue weighted by molar-refractivity contribution is 6.03. The summed E-state index contributed by atoms with van der Waals surface area (Å²) >= 11 is 0. The molecule has 27 heavy (non-hydrogen) atoms. The van der Waals surface area contributed by atoms with Gasteiger partial charge >= 0.3 is 0 Å². The van der Waals surface area contributed by atoms with Crippen molar-refractivity contribution in [1.29, 1.82) is 0 Å². The summed E-state index contributed by atoms with van der Waals surface area (Å²) in [5.41, 5.74) is 5.27. The second-order valence-electron chi connectivity index (χ2n) is 6.75. The summed E-state index contributed by atoms with van der Waals surface area (Å²) in [5.74, 6) is 0.191. The Morgan fingerprint density at radius 1 is 0.926 bits per heavy atom.